The predicted molar refractivity (Wildman–Crippen MR) is 112 cm³/mol. The third kappa shape index (κ3) is 7.22. The SMILES string of the molecule is Cc1ccc(S(=O)(=O)OCCCC(C)(C)COS(=O)(=O)c2ccc(C)cc2)cc1. The Kier molecular flexibility index (Phi) is 7.62. The van der Waals surface area contributed by atoms with Crippen molar-refractivity contribution in [3.05, 3.63) is 59.7 Å². The predicted octanol–water partition coefficient (Wildman–Crippen LogP) is 4.22. The van der Waals surface area contributed by atoms with Crippen molar-refractivity contribution in [3.8, 4) is 0 Å². The molecule has 0 aromatic heterocycles. The van der Waals surface area contributed by atoms with Crippen LogP contribution in [0.5, 0.6) is 0 Å². The van der Waals surface area contributed by atoms with Gasteiger partial charge in [0.25, 0.3) is 20.2 Å². The van der Waals surface area contributed by atoms with Gasteiger partial charge >= 0.3 is 0 Å². The first kappa shape index (κ1) is 23.5. The minimum absolute atomic E-state index is 0.00603. The molecule has 6 nitrogen and oxygen atoms in total. The lowest BCUT2D eigenvalue weighted by Crippen LogP contribution is -2.23. The molecule has 0 amide bonds. The molecule has 160 valence electrons. The fraction of sp³-hybridized carbons (Fsp3) is 0.429. The second-order valence-electron chi connectivity index (χ2n) is 7.89. The first-order valence-electron chi connectivity index (χ1n) is 9.34. The van der Waals surface area contributed by atoms with E-state index in [1.54, 1.807) is 24.3 Å². The van der Waals surface area contributed by atoms with E-state index in [-0.39, 0.29) is 23.0 Å². The van der Waals surface area contributed by atoms with Crippen LogP contribution in [0.4, 0.5) is 0 Å². The summed E-state index contributed by atoms with van der Waals surface area (Å²) in [7, 11) is -7.63. The Morgan fingerprint density at radius 2 is 1.14 bits per heavy atom. The van der Waals surface area contributed by atoms with E-state index in [9.17, 15) is 16.8 Å². The maximum absolute atomic E-state index is 12.3. The molecule has 8 heteroatoms. The summed E-state index contributed by atoms with van der Waals surface area (Å²) in [6.07, 6.45) is 0.992. The minimum Gasteiger partial charge on any atom is -0.266 e. The normalized spacial score (nSPS) is 12.8. The van der Waals surface area contributed by atoms with E-state index in [0.717, 1.165) is 11.1 Å². The van der Waals surface area contributed by atoms with Gasteiger partial charge in [-0.05, 0) is 56.4 Å². The molecular weight excluding hydrogens is 412 g/mol. The van der Waals surface area contributed by atoms with Crippen LogP contribution >= 0.6 is 0 Å². The molecule has 0 N–H and O–H groups in total. The number of hydrogen-bond acceptors (Lipinski definition) is 6. The maximum atomic E-state index is 12.3. The van der Waals surface area contributed by atoms with E-state index in [4.69, 9.17) is 8.37 Å². The van der Waals surface area contributed by atoms with Crippen molar-refractivity contribution in [1.82, 2.24) is 0 Å². The molecule has 0 unspecified atom stereocenters. The highest BCUT2D eigenvalue weighted by atomic mass is 32.2. The lowest BCUT2D eigenvalue weighted by molar-refractivity contribution is 0.163. The largest absolute Gasteiger partial charge is 0.296 e. The van der Waals surface area contributed by atoms with Crippen LogP contribution in [0.15, 0.2) is 58.3 Å². The number of hydrogen-bond donors (Lipinski definition) is 0. The molecule has 0 aliphatic heterocycles. The van der Waals surface area contributed by atoms with Gasteiger partial charge in [0.2, 0.25) is 0 Å². The van der Waals surface area contributed by atoms with Crippen LogP contribution in [0.2, 0.25) is 0 Å². The van der Waals surface area contributed by atoms with Gasteiger partial charge in [-0.2, -0.15) is 16.8 Å². The van der Waals surface area contributed by atoms with Crippen LogP contribution in [0.25, 0.3) is 0 Å². The first-order valence-corrected chi connectivity index (χ1v) is 12.2. The summed E-state index contributed by atoms with van der Waals surface area (Å²) < 4.78 is 59.3. The van der Waals surface area contributed by atoms with E-state index >= 15 is 0 Å². The molecule has 2 aromatic rings. The van der Waals surface area contributed by atoms with Gasteiger partial charge in [-0.3, -0.25) is 8.37 Å². The zero-order valence-electron chi connectivity index (χ0n) is 17.2. The second-order valence-corrected chi connectivity index (χ2v) is 11.1. The summed E-state index contributed by atoms with van der Waals surface area (Å²) in [6, 6.07) is 12.9. The lowest BCUT2D eigenvalue weighted by Gasteiger charge is -2.24. The van der Waals surface area contributed by atoms with Crippen molar-refractivity contribution in [1.29, 1.82) is 0 Å². The fourth-order valence-corrected chi connectivity index (χ4v) is 4.60. The molecule has 0 atom stereocenters. The molecule has 2 rings (SSSR count). The number of benzene rings is 2. The van der Waals surface area contributed by atoms with Gasteiger partial charge in [-0.15, -0.1) is 0 Å². The molecular formula is C21H28O6S2. The Bertz CT molecular complexity index is 1010. The highest BCUT2D eigenvalue weighted by Gasteiger charge is 2.24. The van der Waals surface area contributed by atoms with Gasteiger partial charge in [0.1, 0.15) is 0 Å². The molecule has 0 saturated carbocycles. The first-order chi connectivity index (χ1) is 13.4. The Balaban J connectivity index is 1.83. The standard InChI is InChI=1S/C21H28O6S2/c1-17-6-10-19(11-7-17)28(22,23)26-15-5-14-21(3,4)16-27-29(24,25)20-12-8-18(2)9-13-20/h6-13H,5,14-16H2,1-4H3. The van der Waals surface area contributed by atoms with Crippen LogP contribution in [0.3, 0.4) is 0 Å². The van der Waals surface area contributed by atoms with Crippen LogP contribution in [0.1, 0.15) is 37.8 Å². The minimum atomic E-state index is -3.83. The van der Waals surface area contributed by atoms with Crippen molar-refractivity contribution >= 4 is 20.2 Å². The summed E-state index contributed by atoms with van der Waals surface area (Å²) in [5, 5.41) is 0. The Labute approximate surface area is 174 Å². The maximum Gasteiger partial charge on any atom is 0.296 e. The van der Waals surface area contributed by atoms with E-state index in [1.807, 2.05) is 27.7 Å². The van der Waals surface area contributed by atoms with Gasteiger partial charge in [0.05, 0.1) is 23.0 Å². The van der Waals surface area contributed by atoms with Crippen molar-refractivity contribution in [2.45, 2.75) is 50.3 Å². The average molecular weight is 441 g/mol. The Morgan fingerprint density at radius 3 is 1.59 bits per heavy atom. The average Bonchev–Trinajstić information content (AvgIpc) is 2.65. The lowest BCUT2D eigenvalue weighted by atomic mass is 9.89. The third-order valence-corrected chi connectivity index (χ3v) is 7.06. The van der Waals surface area contributed by atoms with Crippen molar-refractivity contribution in [3.63, 3.8) is 0 Å². The zero-order chi connectivity index (χ0) is 21.7. The fourth-order valence-electron chi connectivity index (χ4n) is 2.57. The molecule has 0 aliphatic carbocycles. The molecule has 0 saturated heterocycles. The van der Waals surface area contributed by atoms with Gasteiger partial charge in [0, 0.05) is 0 Å². The topological polar surface area (TPSA) is 86.7 Å². The Morgan fingerprint density at radius 1 is 0.724 bits per heavy atom. The molecule has 2 aromatic carbocycles. The highest BCUT2D eigenvalue weighted by molar-refractivity contribution is 7.87. The zero-order valence-corrected chi connectivity index (χ0v) is 18.8. The summed E-state index contributed by atoms with van der Waals surface area (Å²) in [4.78, 5) is 0.237. The highest BCUT2D eigenvalue weighted by Crippen LogP contribution is 2.26. The monoisotopic (exact) mass is 440 g/mol. The third-order valence-electron chi connectivity index (χ3n) is 4.46. The molecule has 0 spiro atoms. The molecule has 0 fully saturated rings. The molecule has 0 heterocycles. The molecule has 0 bridgehead atoms. The second kappa shape index (κ2) is 9.38. The molecule has 0 radical (unpaired) electrons. The van der Waals surface area contributed by atoms with Crippen LogP contribution < -0.4 is 0 Å². The van der Waals surface area contributed by atoms with Gasteiger partial charge < -0.3 is 0 Å². The van der Waals surface area contributed by atoms with Crippen LogP contribution in [-0.4, -0.2) is 30.0 Å². The van der Waals surface area contributed by atoms with Crippen LogP contribution in [-0.2, 0) is 28.6 Å². The summed E-state index contributed by atoms with van der Waals surface area (Å²) in [6.45, 7) is 7.50. The van der Waals surface area contributed by atoms with Crippen molar-refractivity contribution in [2.24, 2.45) is 5.41 Å². The Hall–Kier alpha value is -1.74. The molecule has 0 aliphatic rings. The van der Waals surface area contributed by atoms with E-state index < -0.39 is 25.7 Å². The van der Waals surface area contributed by atoms with Gasteiger partial charge in [0.15, 0.2) is 0 Å². The summed E-state index contributed by atoms with van der Waals surface area (Å²) in [5.41, 5.74) is 1.46. The van der Waals surface area contributed by atoms with E-state index in [1.165, 1.54) is 24.3 Å². The number of aryl methyl sites for hydroxylation is 2. The summed E-state index contributed by atoms with van der Waals surface area (Å²) in [5.74, 6) is 0. The van der Waals surface area contributed by atoms with Gasteiger partial charge in [-0.25, -0.2) is 0 Å². The summed E-state index contributed by atoms with van der Waals surface area (Å²) >= 11 is 0. The number of rotatable bonds is 10. The van der Waals surface area contributed by atoms with Crippen LogP contribution in [0, 0.1) is 19.3 Å². The smallest absolute Gasteiger partial charge is 0.266 e. The molecule has 29 heavy (non-hydrogen) atoms. The van der Waals surface area contributed by atoms with Crippen molar-refractivity contribution in [2.75, 3.05) is 13.2 Å². The van der Waals surface area contributed by atoms with Crippen molar-refractivity contribution < 1.29 is 25.2 Å². The quantitative estimate of drug-likeness (QED) is 0.406. The van der Waals surface area contributed by atoms with E-state index in [0.29, 0.717) is 12.8 Å². The van der Waals surface area contributed by atoms with Gasteiger partial charge in [-0.1, -0.05) is 49.2 Å². The van der Waals surface area contributed by atoms with E-state index in [2.05, 4.69) is 0 Å².